The van der Waals surface area contributed by atoms with Crippen LogP contribution in [0.1, 0.15) is 0 Å². The molecule has 12 heteroatoms. The standard InChI is InChI=1S/2C4H7N5O/c1-6-4(10)9-2-7-3(5)8-9;1-6-4(10)9-3(5)7-2-8-9/h2H,1H3,(H2,5,8)(H,6,10);2H,1H3,(H,6,10)(H2,5,7,8). The Balaban J connectivity index is 0.000000200. The van der Waals surface area contributed by atoms with Gasteiger partial charge in [0, 0.05) is 14.1 Å². The summed E-state index contributed by atoms with van der Waals surface area (Å²) >= 11 is 0. The highest BCUT2D eigenvalue weighted by molar-refractivity contribution is 5.77. The van der Waals surface area contributed by atoms with Gasteiger partial charge in [-0.15, -0.1) is 14.9 Å². The lowest BCUT2D eigenvalue weighted by Crippen LogP contribution is -2.26. The highest BCUT2D eigenvalue weighted by atomic mass is 16.2. The van der Waals surface area contributed by atoms with Crippen molar-refractivity contribution in [3.8, 4) is 0 Å². The first-order chi connectivity index (χ1) is 9.49. The molecule has 0 fully saturated rings. The summed E-state index contributed by atoms with van der Waals surface area (Å²) in [5.74, 6) is 0.169. The molecule has 0 aliphatic rings. The van der Waals surface area contributed by atoms with E-state index in [-0.39, 0.29) is 17.9 Å². The van der Waals surface area contributed by atoms with E-state index < -0.39 is 6.03 Å². The highest BCUT2D eigenvalue weighted by Gasteiger charge is 2.05. The Kier molecular flexibility index (Phi) is 4.96. The van der Waals surface area contributed by atoms with Gasteiger partial charge in [-0.05, 0) is 0 Å². The van der Waals surface area contributed by atoms with Crippen LogP contribution in [0.4, 0.5) is 21.5 Å². The van der Waals surface area contributed by atoms with Crippen molar-refractivity contribution in [1.29, 1.82) is 0 Å². The quantitative estimate of drug-likeness (QED) is 0.433. The summed E-state index contributed by atoms with van der Waals surface area (Å²) < 4.78 is 2.00. The number of aromatic nitrogens is 6. The van der Waals surface area contributed by atoms with Crippen molar-refractivity contribution >= 4 is 24.0 Å². The van der Waals surface area contributed by atoms with Crippen molar-refractivity contribution in [1.82, 2.24) is 40.2 Å². The van der Waals surface area contributed by atoms with Crippen LogP contribution in [0.5, 0.6) is 0 Å². The molecule has 2 aromatic rings. The molecular weight excluding hydrogens is 268 g/mol. The van der Waals surface area contributed by atoms with Crippen LogP contribution in [0.2, 0.25) is 0 Å². The number of anilines is 2. The molecule has 0 unspecified atom stereocenters. The van der Waals surface area contributed by atoms with E-state index in [1.165, 1.54) is 26.7 Å². The number of hydrogen-bond acceptors (Lipinski definition) is 8. The number of rotatable bonds is 0. The average molecular weight is 282 g/mol. The van der Waals surface area contributed by atoms with Crippen LogP contribution < -0.4 is 22.1 Å². The van der Waals surface area contributed by atoms with Gasteiger partial charge in [0.15, 0.2) is 0 Å². The molecule has 2 amide bonds. The topological polar surface area (TPSA) is 172 Å². The molecule has 0 aliphatic heterocycles. The SMILES string of the molecule is CNC(=O)n1cnc(N)n1.CNC(=O)n1ncnc1N. The Labute approximate surface area is 113 Å². The Morgan fingerprint density at radius 1 is 1.15 bits per heavy atom. The Hall–Kier alpha value is -3.18. The van der Waals surface area contributed by atoms with E-state index in [0.717, 1.165) is 9.36 Å². The van der Waals surface area contributed by atoms with Gasteiger partial charge >= 0.3 is 12.1 Å². The fourth-order valence-electron chi connectivity index (χ4n) is 1.00. The monoisotopic (exact) mass is 282 g/mol. The van der Waals surface area contributed by atoms with Gasteiger partial charge in [0.1, 0.15) is 12.7 Å². The number of amides is 2. The van der Waals surface area contributed by atoms with Crippen molar-refractivity contribution in [2.45, 2.75) is 0 Å². The van der Waals surface area contributed by atoms with Gasteiger partial charge in [-0.25, -0.2) is 14.6 Å². The first-order valence-electron chi connectivity index (χ1n) is 5.26. The van der Waals surface area contributed by atoms with Crippen molar-refractivity contribution in [3.05, 3.63) is 12.7 Å². The average Bonchev–Trinajstić information content (AvgIpc) is 3.06. The third-order valence-corrected chi connectivity index (χ3v) is 1.91. The summed E-state index contributed by atoms with van der Waals surface area (Å²) in [6.45, 7) is 0. The summed E-state index contributed by atoms with van der Waals surface area (Å²) in [6, 6.07) is -0.751. The number of hydrogen-bond donors (Lipinski definition) is 4. The van der Waals surface area contributed by atoms with Crippen molar-refractivity contribution in [2.75, 3.05) is 25.6 Å². The molecule has 0 spiro atoms. The van der Waals surface area contributed by atoms with E-state index in [4.69, 9.17) is 11.5 Å². The summed E-state index contributed by atoms with van der Waals surface area (Å²) in [7, 11) is 2.99. The van der Waals surface area contributed by atoms with Crippen LogP contribution in [0.25, 0.3) is 0 Å². The van der Waals surface area contributed by atoms with Gasteiger partial charge in [-0.2, -0.15) is 9.67 Å². The molecule has 0 atom stereocenters. The fourth-order valence-corrected chi connectivity index (χ4v) is 1.00. The summed E-state index contributed by atoms with van der Waals surface area (Å²) in [6.07, 6.45) is 2.46. The molecule has 20 heavy (non-hydrogen) atoms. The maximum absolute atomic E-state index is 10.8. The molecule has 0 aromatic carbocycles. The van der Waals surface area contributed by atoms with Gasteiger partial charge in [-0.3, -0.25) is 0 Å². The predicted molar refractivity (Wildman–Crippen MR) is 68.6 cm³/mol. The summed E-state index contributed by atoms with van der Waals surface area (Å²) in [5.41, 5.74) is 10.4. The minimum absolute atomic E-state index is 0.0827. The zero-order chi connectivity index (χ0) is 15.1. The smallest absolute Gasteiger partial charge is 0.345 e. The van der Waals surface area contributed by atoms with E-state index in [9.17, 15) is 9.59 Å². The van der Waals surface area contributed by atoms with Gasteiger partial charge in [0.05, 0.1) is 0 Å². The Morgan fingerprint density at radius 3 is 2.20 bits per heavy atom. The molecule has 2 rings (SSSR count). The maximum atomic E-state index is 10.8. The molecule has 12 nitrogen and oxygen atoms in total. The number of carbonyl (C=O) groups excluding carboxylic acids is 2. The molecule has 0 bridgehead atoms. The van der Waals surface area contributed by atoms with Gasteiger partial charge in [0.25, 0.3) is 0 Å². The zero-order valence-corrected chi connectivity index (χ0v) is 10.8. The molecule has 2 heterocycles. The van der Waals surface area contributed by atoms with E-state index in [1.54, 1.807) is 0 Å². The van der Waals surface area contributed by atoms with E-state index in [1.807, 2.05) is 0 Å². The maximum Gasteiger partial charge on any atom is 0.345 e. The number of carbonyl (C=O) groups is 2. The largest absolute Gasteiger partial charge is 0.368 e. The Morgan fingerprint density at radius 2 is 1.80 bits per heavy atom. The molecule has 0 radical (unpaired) electrons. The molecule has 0 aliphatic carbocycles. The van der Waals surface area contributed by atoms with E-state index in [0.29, 0.717) is 0 Å². The van der Waals surface area contributed by atoms with Gasteiger partial charge in [-0.1, -0.05) is 0 Å². The molecular formula is C8H14N10O2. The number of nitrogens with zero attached hydrogens (tertiary/aromatic N) is 6. The van der Waals surface area contributed by atoms with Gasteiger partial charge < -0.3 is 22.1 Å². The van der Waals surface area contributed by atoms with Crippen molar-refractivity contribution < 1.29 is 9.59 Å². The lowest BCUT2D eigenvalue weighted by molar-refractivity contribution is 0.241. The first-order valence-corrected chi connectivity index (χ1v) is 5.26. The summed E-state index contributed by atoms with van der Waals surface area (Å²) in [4.78, 5) is 28.6. The van der Waals surface area contributed by atoms with Crippen LogP contribution >= 0.6 is 0 Å². The lowest BCUT2D eigenvalue weighted by Gasteiger charge is -1.97. The molecule has 108 valence electrons. The third kappa shape index (κ3) is 3.66. The molecule has 0 saturated carbocycles. The van der Waals surface area contributed by atoms with E-state index >= 15 is 0 Å². The van der Waals surface area contributed by atoms with Crippen LogP contribution in [0, 0.1) is 0 Å². The van der Waals surface area contributed by atoms with Crippen molar-refractivity contribution in [3.63, 3.8) is 0 Å². The number of nitrogens with one attached hydrogen (secondary N) is 2. The second kappa shape index (κ2) is 6.67. The molecule has 6 N–H and O–H groups in total. The fraction of sp³-hybridized carbons (Fsp3) is 0.250. The zero-order valence-electron chi connectivity index (χ0n) is 10.8. The second-order valence-corrected chi connectivity index (χ2v) is 3.19. The number of nitrogens with two attached hydrogens (primary N) is 2. The van der Waals surface area contributed by atoms with Crippen LogP contribution in [-0.4, -0.2) is 55.7 Å². The first kappa shape index (κ1) is 14.9. The normalized spacial score (nSPS) is 9.30. The van der Waals surface area contributed by atoms with Crippen LogP contribution in [-0.2, 0) is 0 Å². The third-order valence-electron chi connectivity index (χ3n) is 1.91. The second-order valence-electron chi connectivity index (χ2n) is 3.19. The summed E-state index contributed by atoms with van der Waals surface area (Å²) in [5, 5.41) is 11.8. The van der Waals surface area contributed by atoms with Crippen molar-refractivity contribution in [2.24, 2.45) is 0 Å². The molecule has 0 saturated heterocycles. The van der Waals surface area contributed by atoms with E-state index in [2.05, 4.69) is 30.8 Å². The van der Waals surface area contributed by atoms with Crippen LogP contribution in [0.3, 0.4) is 0 Å². The minimum atomic E-state index is -0.394. The predicted octanol–water partition coefficient (Wildman–Crippen LogP) is -1.90. The highest BCUT2D eigenvalue weighted by Crippen LogP contribution is 1.91. The Bertz CT molecular complexity index is 588. The molecule has 2 aromatic heterocycles. The van der Waals surface area contributed by atoms with Gasteiger partial charge in [0.2, 0.25) is 11.9 Å². The number of nitrogen functional groups attached to an aromatic ring is 2. The van der Waals surface area contributed by atoms with Crippen LogP contribution in [0.15, 0.2) is 12.7 Å². The minimum Gasteiger partial charge on any atom is -0.368 e. The lowest BCUT2D eigenvalue weighted by atomic mass is 10.9.